The predicted molar refractivity (Wildman–Crippen MR) is 157 cm³/mol. The third-order valence-corrected chi connectivity index (χ3v) is 9.91. The van der Waals surface area contributed by atoms with Crippen molar-refractivity contribution < 1.29 is 34.2 Å². The zero-order valence-electron chi connectivity index (χ0n) is 24.1. The molecule has 44 heavy (non-hydrogen) atoms. The fraction of sp³-hybridized carbons (Fsp3) is 0.294. The number of hydrazine groups is 1. The molecule has 0 spiro atoms. The van der Waals surface area contributed by atoms with Gasteiger partial charge in [0.25, 0.3) is 23.6 Å². The molecule has 224 valence electrons. The molecule has 0 unspecified atom stereocenters. The number of imide groups is 2. The molecular formula is C34H31N3O7. The number of carbonyl (C=O) groups excluding carboxylic acids is 4. The SMILES string of the molecule is COc1cc([C@H]2C3=CC[C@@H]4C(=O)N(O)C(=O)[C@@H]4[C@@H]3C[C@H]3C(=O)N(Nc4ccc(C)cc4)C(=O)[C@@]23c2ccccc2)ccc1O. The van der Waals surface area contributed by atoms with Crippen LogP contribution in [0, 0.1) is 30.6 Å². The van der Waals surface area contributed by atoms with Gasteiger partial charge in [-0.05, 0) is 61.1 Å². The highest BCUT2D eigenvalue weighted by Crippen LogP contribution is 2.64. The van der Waals surface area contributed by atoms with E-state index in [-0.39, 0.29) is 29.4 Å². The number of methoxy groups -OCH3 is 1. The molecule has 2 aliphatic carbocycles. The minimum absolute atomic E-state index is 0.0874. The Morgan fingerprint density at radius 3 is 2.34 bits per heavy atom. The van der Waals surface area contributed by atoms with Gasteiger partial charge in [0.1, 0.15) is 0 Å². The number of phenolic OH excluding ortho intramolecular Hbond substituents is 1. The van der Waals surface area contributed by atoms with E-state index in [2.05, 4.69) is 5.43 Å². The van der Waals surface area contributed by atoms with Gasteiger partial charge in [-0.1, -0.05) is 65.7 Å². The van der Waals surface area contributed by atoms with E-state index < -0.39 is 58.6 Å². The molecule has 0 bridgehead atoms. The molecule has 6 atom stereocenters. The molecule has 1 saturated carbocycles. The van der Waals surface area contributed by atoms with E-state index in [1.165, 1.54) is 13.2 Å². The van der Waals surface area contributed by atoms with E-state index in [1.807, 2.05) is 55.5 Å². The number of hydrogen-bond acceptors (Lipinski definition) is 8. The number of benzene rings is 3. The number of aryl methyl sites for hydroxylation is 1. The van der Waals surface area contributed by atoms with Crippen molar-refractivity contribution in [2.75, 3.05) is 12.5 Å². The lowest BCUT2D eigenvalue weighted by atomic mass is 9.49. The van der Waals surface area contributed by atoms with Crippen molar-refractivity contribution >= 4 is 29.3 Å². The maximum atomic E-state index is 15.0. The number of fused-ring (bicyclic) bond motifs is 4. The highest BCUT2D eigenvalue weighted by molar-refractivity contribution is 6.13. The van der Waals surface area contributed by atoms with Crippen molar-refractivity contribution in [3.8, 4) is 11.5 Å². The van der Waals surface area contributed by atoms with Gasteiger partial charge < -0.3 is 9.84 Å². The number of nitrogens with zero attached hydrogens (tertiary/aromatic N) is 2. The largest absolute Gasteiger partial charge is 0.504 e. The number of phenols is 1. The average molecular weight is 594 g/mol. The van der Waals surface area contributed by atoms with Crippen molar-refractivity contribution in [3.05, 3.63) is 101 Å². The number of hydrogen-bond donors (Lipinski definition) is 3. The van der Waals surface area contributed by atoms with Gasteiger partial charge in [0.15, 0.2) is 11.5 Å². The molecule has 2 heterocycles. The molecule has 3 aromatic carbocycles. The van der Waals surface area contributed by atoms with E-state index in [1.54, 1.807) is 24.3 Å². The second kappa shape index (κ2) is 10.1. The summed E-state index contributed by atoms with van der Waals surface area (Å²) >= 11 is 0. The molecule has 2 aliphatic heterocycles. The van der Waals surface area contributed by atoms with Gasteiger partial charge in [-0.3, -0.25) is 29.8 Å². The Kier molecular flexibility index (Phi) is 6.36. The van der Waals surface area contributed by atoms with Crippen LogP contribution >= 0.6 is 0 Å². The average Bonchev–Trinajstić information content (AvgIpc) is 3.39. The lowest BCUT2D eigenvalue weighted by Crippen LogP contribution is -2.53. The van der Waals surface area contributed by atoms with E-state index in [4.69, 9.17) is 4.74 Å². The molecule has 7 rings (SSSR count). The van der Waals surface area contributed by atoms with Gasteiger partial charge in [-0.15, -0.1) is 0 Å². The lowest BCUT2D eigenvalue weighted by molar-refractivity contribution is -0.173. The topological polar surface area (TPSA) is 136 Å². The number of amides is 4. The van der Waals surface area contributed by atoms with Crippen LogP contribution in [0.3, 0.4) is 0 Å². The Balaban J connectivity index is 1.47. The van der Waals surface area contributed by atoms with Crippen LogP contribution < -0.4 is 10.2 Å². The number of nitrogens with one attached hydrogen (secondary N) is 1. The molecule has 3 fully saturated rings. The van der Waals surface area contributed by atoms with Crippen molar-refractivity contribution in [1.82, 2.24) is 10.1 Å². The number of anilines is 1. The zero-order valence-corrected chi connectivity index (χ0v) is 24.1. The molecule has 10 heteroatoms. The first-order valence-corrected chi connectivity index (χ1v) is 14.6. The standard InChI is InChI=1S/C34H31N3O7/c1-18-8-11-21(12-9-18)35-36-31(40)25-17-24-22(13-14-23-28(24)32(41)37(43)30(23)39)29(19-10-15-26(38)27(16-19)44-2)34(25,33(36)42)20-6-4-3-5-7-20/h3-13,15-16,23-25,28-29,35,38,43H,14,17H2,1-2H3/t23-,24+,25-,28-,29-,34+/m0/s1. The number of hydroxylamine groups is 2. The van der Waals surface area contributed by atoms with Gasteiger partial charge in [0.2, 0.25) is 0 Å². The van der Waals surface area contributed by atoms with E-state index in [9.17, 15) is 29.5 Å². The molecule has 2 saturated heterocycles. The molecule has 10 nitrogen and oxygen atoms in total. The van der Waals surface area contributed by atoms with Crippen molar-refractivity contribution in [2.24, 2.45) is 23.7 Å². The van der Waals surface area contributed by atoms with Crippen LogP contribution in [0.2, 0.25) is 0 Å². The molecule has 4 amide bonds. The highest BCUT2D eigenvalue weighted by Gasteiger charge is 2.70. The van der Waals surface area contributed by atoms with E-state index >= 15 is 0 Å². The summed E-state index contributed by atoms with van der Waals surface area (Å²) in [4.78, 5) is 55.6. The summed E-state index contributed by atoms with van der Waals surface area (Å²) in [6.45, 7) is 1.94. The summed E-state index contributed by atoms with van der Waals surface area (Å²) in [5.41, 5.74) is 5.19. The molecule has 0 aromatic heterocycles. The summed E-state index contributed by atoms with van der Waals surface area (Å²) in [7, 11) is 1.43. The van der Waals surface area contributed by atoms with Crippen LogP contribution in [0.5, 0.6) is 11.5 Å². The fourth-order valence-corrected chi connectivity index (χ4v) is 7.98. The fourth-order valence-electron chi connectivity index (χ4n) is 7.98. The minimum Gasteiger partial charge on any atom is -0.504 e. The Morgan fingerprint density at radius 2 is 1.64 bits per heavy atom. The Bertz CT molecular complexity index is 1740. The van der Waals surface area contributed by atoms with E-state index in [0.717, 1.165) is 16.1 Å². The molecule has 4 aliphatic rings. The van der Waals surface area contributed by atoms with Gasteiger partial charge in [-0.25, -0.2) is 0 Å². The molecule has 3 aromatic rings. The van der Waals surface area contributed by atoms with Gasteiger partial charge in [-0.2, -0.15) is 10.1 Å². The predicted octanol–water partition coefficient (Wildman–Crippen LogP) is 4.08. The van der Waals surface area contributed by atoms with Crippen LogP contribution in [0.25, 0.3) is 0 Å². The monoisotopic (exact) mass is 593 g/mol. The van der Waals surface area contributed by atoms with E-state index in [0.29, 0.717) is 16.8 Å². The summed E-state index contributed by atoms with van der Waals surface area (Å²) < 4.78 is 5.45. The molecule has 3 N–H and O–H groups in total. The first-order chi connectivity index (χ1) is 21.2. The Hall–Kier alpha value is -4.96. The summed E-state index contributed by atoms with van der Waals surface area (Å²) in [5.74, 6) is -6.05. The quantitative estimate of drug-likeness (QED) is 0.229. The van der Waals surface area contributed by atoms with Crippen molar-refractivity contribution in [2.45, 2.75) is 31.1 Å². The lowest BCUT2D eigenvalue weighted by Gasteiger charge is -2.50. The third-order valence-electron chi connectivity index (χ3n) is 9.91. The van der Waals surface area contributed by atoms with Crippen molar-refractivity contribution in [3.63, 3.8) is 0 Å². The second-order valence-corrected chi connectivity index (χ2v) is 12.0. The number of allylic oxidation sites excluding steroid dienone is 2. The second-order valence-electron chi connectivity index (χ2n) is 12.0. The summed E-state index contributed by atoms with van der Waals surface area (Å²) in [6, 6.07) is 21.3. The maximum Gasteiger partial charge on any atom is 0.260 e. The third kappa shape index (κ3) is 3.77. The number of rotatable bonds is 5. The highest BCUT2D eigenvalue weighted by atomic mass is 16.5. The Morgan fingerprint density at radius 1 is 0.909 bits per heavy atom. The van der Waals surface area contributed by atoms with Crippen LogP contribution in [0.4, 0.5) is 5.69 Å². The van der Waals surface area contributed by atoms with Crippen molar-refractivity contribution in [1.29, 1.82) is 0 Å². The van der Waals surface area contributed by atoms with Crippen LogP contribution in [-0.4, -0.2) is 51.1 Å². The minimum atomic E-state index is -1.43. The maximum absolute atomic E-state index is 15.0. The summed E-state index contributed by atoms with van der Waals surface area (Å²) in [5, 5.41) is 22.1. The molecule has 0 radical (unpaired) electrons. The number of aromatic hydroxyl groups is 1. The first-order valence-electron chi connectivity index (χ1n) is 14.6. The van der Waals surface area contributed by atoms with Gasteiger partial charge >= 0.3 is 0 Å². The van der Waals surface area contributed by atoms with Crippen LogP contribution in [0.1, 0.15) is 35.4 Å². The zero-order chi connectivity index (χ0) is 30.9. The molecular weight excluding hydrogens is 562 g/mol. The van der Waals surface area contributed by atoms with Gasteiger partial charge in [0.05, 0.1) is 36.0 Å². The number of carbonyl (C=O) groups is 4. The smallest absolute Gasteiger partial charge is 0.260 e. The normalized spacial score (nSPS) is 29.2. The summed E-state index contributed by atoms with van der Waals surface area (Å²) in [6.07, 6.45) is 2.22. The van der Waals surface area contributed by atoms with Crippen LogP contribution in [-0.2, 0) is 24.6 Å². The first kappa shape index (κ1) is 27.8. The Labute approximate surface area is 253 Å². The van der Waals surface area contributed by atoms with Crippen LogP contribution in [0.15, 0.2) is 84.4 Å². The van der Waals surface area contributed by atoms with Gasteiger partial charge in [0, 0.05) is 5.92 Å². The number of ether oxygens (including phenoxy) is 1.